The highest BCUT2D eigenvalue weighted by atomic mass is 35.5. The van der Waals surface area contributed by atoms with Gasteiger partial charge in [-0.25, -0.2) is 0 Å². The van der Waals surface area contributed by atoms with Crippen LogP contribution in [0.3, 0.4) is 0 Å². The molecule has 2 saturated heterocycles. The predicted octanol–water partition coefficient (Wildman–Crippen LogP) is 6.14. The minimum atomic E-state index is -4.48. The van der Waals surface area contributed by atoms with Gasteiger partial charge in [0.2, 0.25) is 5.91 Å². The summed E-state index contributed by atoms with van der Waals surface area (Å²) in [4.78, 5) is 28.1. The first-order valence-corrected chi connectivity index (χ1v) is 13.6. The number of halogens is 4. The van der Waals surface area contributed by atoms with E-state index in [2.05, 4.69) is 20.9 Å². The molecule has 0 spiro atoms. The maximum atomic E-state index is 13.1. The molecule has 3 aromatic rings. The second-order valence-corrected chi connectivity index (χ2v) is 10.8. The Hall–Kier alpha value is -3.56. The first kappa shape index (κ1) is 28.0. The highest BCUT2D eigenvalue weighted by Gasteiger charge is 2.41. The van der Waals surface area contributed by atoms with E-state index in [9.17, 15) is 22.8 Å². The molecule has 0 saturated carbocycles. The van der Waals surface area contributed by atoms with Crippen molar-refractivity contribution in [3.8, 4) is 0 Å². The lowest BCUT2D eigenvalue weighted by atomic mass is 9.96. The van der Waals surface area contributed by atoms with Gasteiger partial charge in [0, 0.05) is 35.4 Å². The minimum Gasteiger partial charge on any atom is -0.355 e. The fourth-order valence-corrected chi connectivity index (χ4v) is 5.83. The number of fused-ring (bicyclic) bond motifs is 2. The number of carbonyl (C=O) groups is 2. The molecule has 6 nitrogen and oxygen atoms in total. The third kappa shape index (κ3) is 6.77. The van der Waals surface area contributed by atoms with Crippen molar-refractivity contribution in [3.05, 3.63) is 94.5 Å². The summed E-state index contributed by atoms with van der Waals surface area (Å²) in [5.41, 5.74) is 1.19. The lowest BCUT2D eigenvalue weighted by Crippen LogP contribution is -2.51. The van der Waals surface area contributed by atoms with E-state index in [4.69, 9.17) is 11.6 Å². The Labute approximate surface area is 235 Å². The van der Waals surface area contributed by atoms with Crippen LogP contribution in [0.4, 0.5) is 24.5 Å². The van der Waals surface area contributed by atoms with Crippen LogP contribution in [0.15, 0.2) is 72.8 Å². The van der Waals surface area contributed by atoms with Crippen molar-refractivity contribution in [1.82, 2.24) is 15.5 Å². The largest absolute Gasteiger partial charge is 0.416 e. The summed E-state index contributed by atoms with van der Waals surface area (Å²) >= 11 is 6.01. The molecule has 210 valence electrons. The van der Waals surface area contributed by atoms with Gasteiger partial charge in [-0.1, -0.05) is 41.9 Å². The molecule has 2 bridgehead atoms. The van der Waals surface area contributed by atoms with Gasteiger partial charge < -0.3 is 16.0 Å². The smallest absolute Gasteiger partial charge is 0.355 e. The van der Waals surface area contributed by atoms with Gasteiger partial charge in [-0.15, -0.1) is 0 Å². The number of anilines is 2. The fourth-order valence-electron chi connectivity index (χ4n) is 5.70. The lowest BCUT2D eigenvalue weighted by Gasteiger charge is -2.39. The summed E-state index contributed by atoms with van der Waals surface area (Å²) in [6.45, 7) is 0.661. The molecule has 40 heavy (non-hydrogen) atoms. The molecule has 2 fully saturated rings. The van der Waals surface area contributed by atoms with Crippen LogP contribution < -0.4 is 16.0 Å². The normalized spacial score (nSPS) is 20.6. The van der Waals surface area contributed by atoms with Gasteiger partial charge in [0.25, 0.3) is 5.91 Å². The number of para-hydroxylation sites is 1. The molecule has 2 heterocycles. The van der Waals surface area contributed by atoms with Crippen molar-refractivity contribution < 1.29 is 22.8 Å². The fraction of sp³-hybridized carbons (Fsp3) is 0.333. The quantitative estimate of drug-likeness (QED) is 0.304. The molecule has 0 radical (unpaired) electrons. The summed E-state index contributed by atoms with van der Waals surface area (Å²) in [7, 11) is 0. The predicted molar refractivity (Wildman–Crippen MR) is 148 cm³/mol. The van der Waals surface area contributed by atoms with Crippen LogP contribution in [0, 0.1) is 0 Å². The number of nitrogens with zero attached hydrogens (tertiary/aromatic N) is 1. The van der Waals surface area contributed by atoms with Crippen LogP contribution in [0.1, 0.15) is 47.2 Å². The highest BCUT2D eigenvalue weighted by Crippen LogP contribution is 2.37. The molecule has 2 amide bonds. The summed E-state index contributed by atoms with van der Waals surface area (Å²) < 4.78 is 39.3. The van der Waals surface area contributed by atoms with Gasteiger partial charge in [-0.05, 0) is 73.7 Å². The zero-order valence-electron chi connectivity index (χ0n) is 21.7. The Bertz CT molecular complexity index is 1350. The van der Waals surface area contributed by atoms with Crippen molar-refractivity contribution in [3.63, 3.8) is 0 Å². The van der Waals surface area contributed by atoms with Gasteiger partial charge in [0.1, 0.15) is 0 Å². The molecule has 5 rings (SSSR count). The van der Waals surface area contributed by atoms with Crippen LogP contribution in [0.25, 0.3) is 0 Å². The standard InChI is InChI=1S/C30H30ClF3N4O2/c31-21-10-8-19(9-11-21)18-38-24-12-13-25(38)16-23(15-24)37-28(39)17-35-29(40)26-6-1-2-7-27(26)36-22-5-3-4-20(14-22)30(32,33)34/h1-11,14,23-25,36H,12-13,15-18H2,(H,35,40)(H,37,39)/t23-,24+,25-. The third-order valence-electron chi connectivity index (χ3n) is 7.58. The van der Waals surface area contributed by atoms with Crippen LogP contribution in [-0.4, -0.2) is 41.4 Å². The van der Waals surface area contributed by atoms with E-state index in [1.165, 1.54) is 17.7 Å². The number of alkyl halides is 3. The first-order chi connectivity index (χ1) is 19.2. The van der Waals surface area contributed by atoms with E-state index in [1.54, 1.807) is 24.3 Å². The zero-order valence-corrected chi connectivity index (χ0v) is 22.4. The van der Waals surface area contributed by atoms with Crippen molar-refractivity contribution in [2.75, 3.05) is 11.9 Å². The average molecular weight is 571 g/mol. The van der Waals surface area contributed by atoms with Crippen LogP contribution in [0.5, 0.6) is 0 Å². The van der Waals surface area contributed by atoms with Gasteiger partial charge in [0.15, 0.2) is 0 Å². The first-order valence-electron chi connectivity index (χ1n) is 13.3. The molecule has 2 aliphatic heterocycles. The molecular formula is C30H30ClF3N4O2. The van der Waals surface area contributed by atoms with Crippen molar-refractivity contribution in [2.24, 2.45) is 0 Å². The molecule has 3 atom stereocenters. The van der Waals surface area contributed by atoms with Gasteiger partial charge in [-0.2, -0.15) is 13.2 Å². The zero-order chi connectivity index (χ0) is 28.3. The second kappa shape index (κ2) is 11.9. The number of hydrogen-bond acceptors (Lipinski definition) is 4. The number of carbonyl (C=O) groups excluding carboxylic acids is 2. The van der Waals surface area contributed by atoms with Crippen molar-refractivity contribution in [1.29, 1.82) is 0 Å². The Morgan fingerprint density at radius 2 is 1.62 bits per heavy atom. The average Bonchev–Trinajstić information content (AvgIpc) is 3.15. The van der Waals surface area contributed by atoms with E-state index in [-0.39, 0.29) is 29.7 Å². The Kier molecular flexibility index (Phi) is 8.32. The summed E-state index contributed by atoms with van der Waals surface area (Å²) in [5, 5.41) is 9.32. The minimum absolute atomic E-state index is 0.0400. The summed E-state index contributed by atoms with van der Waals surface area (Å²) in [6, 6.07) is 20.0. The molecule has 10 heteroatoms. The number of rotatable bonds is 8. The molecule has 0 aromatic heterocycles. The highest BCUT2D eigenvalue weighted by molar-refractivity contribution is 6.30. The number of amides is 2. The van der Waals surface area contributed by atoms with Crippen LogP contribution in [-0.2, 0) is 17.5 Å². The monoisotopic (exact) mass is 570 g/mol. The SMILES string of the molecule is O=C(CNC(=O)c1ccccc1Nc1cccc(C(F)(F)F)c1)N[C@H]1C[C@H]2CC[C@@H](C1)N2Cc1ccc(Cl)cc1. The van der Waals surface area contributed by atoms with E-state index < -0.39 is 17.6 Å². The van der Waals surface area contributed by atoms with Crippen molar-refractivity contribution in [2.45, 2.75) is 56.5 Å². The van der Waals surface area contributed by atoms with Gasteiger partial charge >= 0.3 is 6.18 Å². The van der Waals surface area contributed by atoms with Crippen LogP contribution in [0.2, 0.25) is 5.02 Å². The second-order valence-electron chi connectivity index (χ2n) is 10.4. The number of hydrogen-bond donors (Lipinski definition) is 3. The third-order valence-corrected chi connectivity index (χ3v) is 7.83. The van der Waals surface area contributed by atoms with E-state index in [0.717, 1.165) is 49.4 Å². The van der Waals surface area contributed by atoms with Crippen LogP contribution >= 0.6 is 11.6 Å². The topological polar surface area (TPSA) is 73.5 Å². The molecule has 0 unspecified atom stereocenters. The molecule has 3 aromatic carbocycles. The molecule has 2 aliphatic rings. The lowest BCUT2D eigenvalue weighted by molar-refractivity contribution is -0.137. The van der Waals surface area contributed by atoms with E-state index >= 15 is 0 Å². The number of benzene rings is 3. The maximum absolute atomic E-state index is 13.1. The van der Waals surface area contributed by atoms with Crippen molar-refractivity contribution >= 4 is 34.8 Å². The summed E-state index contributed by atoms with van der Waals surface area (Å²) in [5.74, 6) is -0.768. The maximum Gasteiger partial charge on any atom is 0.416 e. The van der Waals surface area contributed by atoms with Gasteiger partial charge in [-0.3, -0.25) is 14.5 Å². The molecule has 3 N–H and O–H groups in total. The number of nitrogens with one attached hydrogen (secondary N) is 3. The number of piperidine rings is 1. The van der Waals surface area contributed by atoms with Gasteiger partial charge in [0.05, 0.1) is 23.4 Å². The van der Waals surface area contributed by atoms with E-state index in [1.807, 2.05) is 24.3 Å². The molecule has 0 aliphatic carbocycles. The van der Waals surface area contributed by atoms with E-state index in [0.29, 0.717) is 17.8 Å². The Morgan fingerprint density at radius 3 is 2.33 bits per heavy atom. The molecular weight excluding hydrogens is 541 g/mol. The Morgan fingerprint density at radius 1 is 0.925 bits per heavy atom. The Balaban J connectivity index is 1.14. The summed E-state index contributed by atoms with van der Waals surface area (Å²) in [6.07, 6.45) is -0.579.